The lowest BCUT2D eigenvalue weighted by molar-refractivity contribution is 0.104. The van der Waals surface area contributed by atoms with Gasteiger partial charge in [0.15, 0.2) is 5.78 Å². The number of para-hydroxylation sites is 1. The fourth-order valence-electron chi connectivity index (χ4n) is 2.93. The predicted octanol–water partition coefficient (Wildman–Crippen LogP) is 5.14. The van der Waals surface area contributed by atoms with Gasteiger partial charge in [-0.3, -0.25) is 9.78 Å². The van der Waals surface area contributed by atoms with E-state index in [9.17, 15) is 4.79 Å². The molecule has 0 bridgehead atoms. The summed E-state index contributed by atoms with van der Waals surface area (Å²) in [4.78, 5) is 16.7. The summed E-state index contributed by atoms with van der Waals surface area (Å²) in [6, 6.07) is 21.3. The standard InChI is InChI=1S/C24H19N3O/c1-18-9-11-19(12-10-18)23(28)14-13-21-17-27(22-7-3-2-4-8-22)26-24(21)20-6-5-15-25-16-20/h2-17H,1H3. The Hall–Kier alpha value is -3.79. The molecule has 4 aromatic rings. The van der Waals surface area contributed by atoms with Gasteiger partial charge in [-0.25, -0.2) is 4.68 Å². The molecule has 28 heavy (non-hydrogen) atoms. The maximum Gasteiger partial charge on any atom is 0.185 e. The van der Waals surface area contributed by atoms with Gasteiger partial charge in [0.2, 0.25) is 0 Å². The minimum Gasteiger partial charge on any atom is -0.289 e. The van der Waals surface area contributed by atoms with Gasteiger partial charge >= 0.3 is 0 Å². The summed E-state index contributed by atoms with van der Waals surface area (Å²) in [5.74, 6) is -0.0374. The minimum absolute atomic E-state index is 0.0374. The molecule has 0 spiro atoms. The van der Waals surface area contributed by atoms with Gasteiger partial charge in [-0.2, -0.15) is 5.10 Å². The van der Waals surface area contributed by atoms with E-state index in [1.54, 1.807) is 18.5 Å². The van der Waals surface area contributed by atoms with Crippen LogP contribution in [0.1, 0.15) is 21.5 Å². The molecule has 136 valence electrons. The Morgan fingerprint density at radius 3 is 2.46 bits per heavy atom. The quantitative estimate of drug-likeness (QED) is 0.363. The highest BCUT2D eigenvalue weighted by Crippen LogP contribution is 2.24. The first-order chi connectivity index (χ1) is 13.7. The number of allylic oxidation sites excluding steroid dienone is 1. The van der Waals surface area contributed by atoms with Crippen LogP contribution in [0.5, 0.6) is 0 Å². The summed E-state index contributed by atoms with van der Waals surface area (Å²) < 4.78 is 1.82. The van der Waals surface area contributed by atoms with E-state index in [2.05, 4.69) is 4.98 Å². The number of nitrogens with zero attached hydrogens (tertiary/aromatic N) is 3. The second-order valence-electron chi connectivity index (χ2n) is 6.52. The Morgan fingerprint density at radius 2 is 1.75 bits per heavy atom. The third kappa shape index (κ3) is 3.81. The normalized spacial score (nSPS) is 11.0. The summed E-state index contributed by atoms with van der Waals surface area (Å²) in [6.07, 6.45) is 8.84. The zero-order valence-electron chi connectivity index (χ0n) is 15.5. The first-order valence-electron chi connectivity index (χ1n) is 9.05. The number of hydrogen-bond acceptors (Lipinski definition) is 3. The van der Waals surface area contributed by atoms with Crippen LogP contribution in [0.25, 0.3) is 23.0 Å². The van der Waals surface area contributed by atoms with Gasteiger partial charge in [-0.05, 0) is 43.3 Å². The Labute approximate surface area is 163 Å². The van der Waals surface area contributed by atoms with Crippen LogP contribution in [0.2, 0.25) is 0 Å². The molecular formula is C24H19N3O. The van der Waals surface area contributed by atoms with E-state index in [0.717, 1.165) is 28.1 Å². The van der Waals surface area contributed by atoms with Gasteiger partial charge in [0.25, 0.3) is 0 Å². The van der Waals surface area contributed by atoms with E-state index in [0.29, 0.717) is 5.56 Å². The molecule has 0 radical (unpaired) electrons. The third-order valence-electron chi connectivity index (χ3n) is 4.45. The molecule has 2 aromatic carbocycles. The molecule has 4 heteroatoms. The molecule has 4 nitrogen and oxygen atoms in total. The van der Waals surface area contributed by atoms with Crippen molar-refractivity contribution in [2.75, 3.05) is 0 Å². The number of pyridine rings is 1. The van der Waals surface area contributed by atoms with Gasteiger partial charge in [-0.1, -0.05) is 48.0 Å². The van der Waals surface area contributed by atoms with Crippen molar-refractivity contribution in [2.45, 2.75) is 6.92 Å². The molecule has 2 aromatic heterocycles. The van der Waals surface area contributed by atoms with Crippen molar-refractivity contribution < 1.29 is 4.79 Å². The Bertz CT molecular complexity index is 1110. The van der Waals surface area contributed by atoms with E-state index in [-0.39, 0.29) is 5.78 Å². The Kier molecular flexibility index (Phi) is 4.93. The summed E-state index contributed by atoms with van der Waals surface area (Å²) in [5, 5.41) is 4.73. The highest BCUT2D eigenvalue weighted by Gasteiger charge is 2.11. The van der Waals surface area contributed by atoms with Gasteiger partial charge in [0.05, 0.1) is 5.69 Å². The first-order valence-corrected chi connectivity index (χ1v) is 9.05. The molecule has 2 heterocycles. The molecule has 4 rings (SSSR count). The lowest BCUT2D eigenvalue weighted by atomic mass is 10.1. The molecule has 0 saturated heterocycles. The number of aromatic nitrogens is 3. The van der Waals surface area contributed by atoms with Gasteiger partial charge in [-0.15, -0.1) is 0 Å². The summed E-state index contributed by atoms with van der Waals surface area (Å²) >= 11 is 0. The topological polar surface area (TPSA) is 47.8 Å². The molecule has 0 saturated carbocycles. The lowest BCUT2D eigenvalue weighted by Crippen LogP contribution is -1.94. The SMILES string of the molecule is Cc1ccc(C(=O)C=Cc2cn(-c3ccccc3)nc2-c2cccnc2)cc1. The van der Waals surface area contributed by atoms with E-state index in [1.807, 2.05) is 90.6 Å². The van der Waals surface area contributed by atoms with Gasteiger partial charge < -0.3 is 0 Å². The second kappa shape index (κ2) is 7.84. The maximum absolute atomic E-state index is 12.5. The Balaban J connectivity index is 1.71. The van der Waals surface area contributed by atoms with Crippen molar-refractivity contribution in [2.24, 2.45) is 0 Å². The third-order valence-corrected chi connectivity index (χ3v) is 4.45. The molecule has 0 unspecified atom stereocenters. The average molecular weight is 365 g/mol. The number of hydrogen-bond donors (Lipinski definition) is 0. The number of benzene rings is 2. The number of ketones is 1. The zero-order chi connectivity index (χ0) is 19.3. The number of aryl methyl sites for hydroxylation is 1. The summed E-state index contributed by atoms with van der Waals surface area (Å²) in [7, 11) is 0. The fourth-order valence-corrected chi connectivity index (χ4v) is 2.93. The van der Waals surface area contributed by atoms with Crippen LogP contribution in [0.15, 0.2) is 91.4 Å². The summed E-state index contributed by atoms with van der Waals surface area (Å²) in [6.45, 7) is 2.00. The highest BCUT2D eigenvalue weighted by molar-refractivity contribution is 6.07. The van der Waals surface area contributed by atoms with Crippen molar-refractivity contribution in [1.82, 2.24) is 14.8 Å². The molecule has 0 atom stereocenters. The van der Waals surface area contributed by atoms with Crippen molar-refractivity contribution in [3.05, 3.63) is 108 Å². The van der Waals surface area contributed by atoms with Crippen LogP contribution < -0.4 is 0 Å². The highest BCUT2D eigenvalue weighted by atomic mass is 16.1. The average Bonchev–Trinajstić information content (AvgIpc) is 3.18. The smallest absolute Gasteiger partial charge is 0.185 e. The van der Waals surface area contributed by atoms with E-state index < -0.39 is 0 Å². The van der Waals surface area contributed by atoms with Crippen molar-refractivity contribution in [3.8, 4) is 16.9 Å². The number of rotatable bonds is 5. The monoisotopic (exact) mass is 365 g/mol. The molecule has 0 aliphatic heterocycles. The van der Waals surface area contributed by atoms with E-state index >= 15 is 0 Å². The maximum atomic E-state index is 12.5. The Morgan fingerprint density at radius 1 is 0.964 bits per heavy atom. The van der Waals surface area contributed by atoms with Crippen molar-refractivity contribution >= 4 is 11.9 Å². The largest absolute Gasteiger partial charge is 0.289 e. The van der Waals surface area contributed by atoms with Crippen LogP contribution in [0, 0.1) is 6.92 Å². The predicted molar refractivity (Wildman–Crippen MR) is 111 cm³/mol. The molecule has 0 N–H and O–H groups in total. The van der Waals surface area contributed by atoms with Crippen LogP contribution in [0.4, 0.5) is 0 Å². The van der Waals surface area contributed by atoms with E-state index in [4.69, 9.17) is 5.10 Å². The van der Waals surface area contributed by atoms with Crippen molar-refractivity contribution in [1.29, 1.82) is 0 Å². The molecule has 0 aliphatic rings. The molecule has 0 fully saturated rings. The lowest BCUT2D eigenvalue weighted by Gasteiger charge is -2.00. The fraction of sp³-hybridized carbons (Fsp3) is 0.0417. The minimum atomic E-state index is -0.0374. The summed E-state index contributed by atoms with van der Waals surface area (Å²) in [5.41, 5.74) is 5.29. The van der Waals surface area contributed by atoms with Crippen molar-refractivity contribution in [3.63, 3.8) is 0 Å². The zero-order valence-corrected chi connectivity index (χ0v) is 15.5. The van der Waals surface area contributed by atoms with Gasteiger partial charge in [0.1, 0.15) is 5.69 Å². The van der Waals surface area contributed by atoms with Crippen LogP contribution in [-0.4, -0.2) is 20.5 Å². The molecular weight excluding hydrogens is 346 g/mol. The van der Waals surface area contributed by atoms with Crippen LogP contribution in [0.3, 0.4) is 0 Å². The molecule has 0 aliphatic carbocycles. The van der Waals surface area contributed by atoms with Crippen LogP contribution >= 0.6 is 0 Å². The van der Waals surface area contributed by atoms with Gasteiger partial charge in [0, 0.05) is 35.3 Å². The number of carbonyl (C=O) groups is 1. The second-order valence-corrected chi connectivity index (χ2v) is 6.52. The molecule has 0 amide bonds. The first kappa shape index (κ1) is 17.6. The van der Waals surface area contributed by atoms with Crippen LogP contribution in [-0.2, 0) is 0 Å². The van der Waals surface area contributed by atoms with E-state index in [1.165, 1.54) is 0 Å². The number of carbonyl (C=O) groups excluding carboxylic acids is 1.